The van der Waals surface area contributed by atoms with E-state index in [1.54, 1.807) is 87.8 Å². The summed E-state index contributed by atoms with van der Waals surface area (Å²) in [6.45, 7) is 9.34. The second-order valence-corrected chi connectivity index (χ2v) is 31.9. The lowest BCUT2D eigenvalue weighted by Gasteiger charge is -2.54. The second kappa shape index (κ2) is 27.6. The number of aromatic nitrogens is 8. The Morgan fingerprint density at radius 1 is 0.591 bits per heavy atom. The third-order valence-electron chi connectivity index (χ3n) is 17.3. The van der Waals surface area contributed by atoms with E-state index in [1.807, 2.05) is 19.0 Å². The molecule has 0 unspecified atom stereocenters. The van der Waals surface area contributed by atoms with Gasteiger partial charge in [0.25, 0.3) is 11.4 Å². The van der Waals surface area contributed by atoms with Gasteiger partial charge in [0, 0.05) is 94.1 Å². The molecule has 31 heteroatoms. The van der Waals surface area contributed by atoms with E-state index in [4.69, 9.17) is 32.7 Å². The van der Waals surface area contributed by atoms with E-state index < -0.39 is 19.2 Å². The highest BCUT2D eigenvalue weighted by molar-refractivity contribution is 7.71. The van der Waals surface area contributed by atoms with Crippen LogP contribution in [-0.2, 0) is 13.9 Å². The van der Waals surface area contributed by atoms with Gasteiger partial charge in [-0.1, -0.05) is 23.2 Å². The normalized spacial score (nSPS) is 15.9. The summed E-state index contributed by atoms with van der Waals surface area (Å²) in [4.78, 5) is 76.8. The van der Waals surface area contributed by atoms with Crippen molar-refractivity contribution in [2.75, 3.05) is 126 Å². The number of ketones is 1. The minimum Gasteiger partial charge on any atom is -0.494 e. The Morgan fingerprint density at radius 3 is 1.33 bits per heavy atom. The molecule has 27 nitrogen and oxygen atoms in total. The molecular weight excluding hydrogens is 1270 g/mol. The molecule has 5 N–H and O–H groups in total. The molecule has 2 saturated heterocycles. The lowest BCUT2D eigenvalue weighted by Crippen LogP contribution is -2.53. The minimum atomic E-state index is -2.84. The molecule has 8 aromatic rings. The summed E-state index contributed by atoms with van der Waals surface area (Å²) in [5.41, 5.74) is 5.13. The van der Waals surface area contributed by atoms with Crippen molar-refractivity contribution in [3.05, 3.63) is 116 Å². The molecule has 2 aliphatic heterocycles. The van der Waals surface area contributed by atoms with E-state index >= 15 is 0 Å². The van der Waals surface area contributed by atoms with Gasteiger partial charge in [-0.25, -0.2) is 9.97 Å². The summed E-state index contributed by atoms with van der Waals surface area (Å²) in [6.07, 6.45) is 16.2. The quantitative estimate of drug-likeness (QED) is 0.0321. The highest BCUT2D eigenvalue weighted by Crippen LogP contribution is 2.53. The van der Waals surface area contributed by atoms with E-state index in [0.717, 1.165) is 38.8 Å². The topological polar surface area (TPSA) is 329 Å². The number of hydrogen-bond donors (Lipinski definition) is 5. The van der Waals surface area contributed by atoms with Gasteiger partial charge in [-0.3, -0.25) is 45.0 Å². The fraction of sp³-hybridized carbons (Fsp3) is 0.403. The lowest BCUT2D eigenvalue weighted by atomic mass is 9.60. The minimum absolute atomic E-state index is 0.0325. The number of ether oxygens (including phenoxy) is 2. The Morgan fingerprint density at radius 2 is 0.978 bits per heavy atom. The number of carbonyl (C=O) groups is 1. The number of anilines is 10. The molecule has 4 aromatic heterocycles. The molecule has 0 bridgehead atoms. The van der Waals surface area contributed by atoms with Gasteiger partial charge in [-0.2, -0.15) is 9.97 Å². The number of rotatable bonds is 17. The van der Waals surface area contributed by atoms with Crippen molar-refractivity contribution in [3.63, 3.8) is 0 Å². The zero-order chi connectivity index (χ0) is 66.7. The zero-order valence-corrected chi connectivity index (χ0v) is 56.6. The van der Waals surface area contributed by atoms with Crippen molar-refractivity contribution in [2.45, 2.75) is 57.4 Å². The number of hydrogen-bond acceptors (Lipinski definition) is 25. The third kappa shape index (κ3) is 14.8. The van der Waals surface area contributed by atoms with Crippen LogP contribution >= 0.6 is 37.5 Å². The molecule has 2 saturated carbocycles. The van der Waals surface area contributed by atoms with Crippen molar-refractivity contribution in [3.8, 4) is 11.5 Å². The maximum absolute atomic E-state index is 13.4. The maximum Gasteiger partial charge on any atom is 0.294 e. The van der Waals surface area contributed by atoms with E-state index in [-0.39, 0.29) is 61.1 Å². The molecule has 4 aliphatic rings. The summed E-state index contributed by atoms with van der Waals surface area (Å²) >= 11 is 12.9. The van der Waals surface area contributed by atoms with Crippen LogP contribution < -0.4 is 56.5 Å². The Balaban J connectivity index is 0.000000195. The van der Waals surface area contributed by atoms with Gasteiger partial charge in [0.15, 0.2) is 11.6 Å². The number of carbonyl (C=O) groups excluding carboxylic acids is 1. The standard InChI is InChI=1S/C31H37ClN9O4P.C29H30ClN8O5P.C2H7N/c1-39(2)19-16-31(17-19)8-12-40(13-9-31)24-15-26(45-3)23(14-25(24)41(42)43)37-30-35-18-20(32)29(38-30)36-22-7-6-21-27(34-11-10-33-21)28(22)46(4,5)44;1-43-24-13-22(37-10-6-29(7-11-37)14-17(39)15-29)23(38(40)41)12-21(24)35-28-33-16-18(30)27(36-28)34-20-5-4-19-25(32-9-8-31-19)26(20)44(2,3)42;1-3-2/h6-7,10-11,14-15,18-19H,8-9,12-13,16-17H2,1-5H3,(H2,35,36,37,38);4-5,8-9,12-13,16H,6-7,10-11,14-15H2,1-3H3,(H2,33,34,35,36);3H,1-2H3. The molecule has 2 aliphatic carbocycles. The molecule has 4 aromatic carbocycles. The van der Waals surface area contributed by atoms with Gasteiger partial charge < -0.3 is 59.9 Å². The summed E-state index contributed by atoms with van der Waals surface area (Å²) in [6, 6.07) is 13.9. The smallest absolute Gasteiger partial charge is 0.294 e. The van der Waals surface area contributed by atoms with Crippen molar-refractivity contribution in [2.24, 2.45) is 10.8 Å². The average molecular weight is 1350 g/mol. The van der Waals surface area contributed by atoms with Gasteiger partial charge in [0.2, 0.25) is 11.9 Å². The van der Waals surface area contributed by atoms with Gasteiger partial charge >= 0.3 is 0 Å². The first-order valence-electron chi connectivity index (χ1n) is 30.0. The Kier molecular flexibility index (Phi) is 20.0. The fourth-order valence-electron chi connectivity index (χ4n) is 12.6. The number of piperidine rings is 2. The highest BCUT2D eigenvalue weighted by atomic mass is 35.5. The molecular formula is C62H74Cl2N18O9P2. The number of nitrogens with zero attached hydrogens (tertiary/aromatic N) is 13. The lowest BCUT2D eigenvalue weighted by molar-refractivity contribution is -0.384. The van der Waals surface area contributed by atoms with Gasteiger partial charge in [-0.05, 0) is 128 Å². The largest absolute Gasteiger partial charge is 0.494 e. The molecule has 2 spiro atoms. The molecule has 0 amide bonds. The maximum atomic E-state index is 13.4. The predicted molar refractivity (Wildman–Crippen MR) is 367 cm³/mol. The zero-order valence-electron chi connectivity index (χ0n) is 53.3. The number of halogens is 2. The van der Waals surface area contributed by atoms with Gasteiger partial charge in [-0.15, -0.1) is 0 Å². The van der Waals surface area contributed by atoms with E-state index in [9.17, 15) is 34.2 Å². The van der Waals surface area contributed by atoms with Crippen LogP contribution in [0, 0.1) is 31.1 Å². The van der Waals surface area contributed by atoms with Crippen molar-refractivity contribution < 1.29 is 33.2 Å². The molecule has 93 heavy (non-hydrogen) atoms. The van der Waals surface area contributed by atoms with Crippen molar-refractivity contribution in [1.29, 1.82) is 0 Å². The van der Waals surface area contributed by atoms with Crippen LogP contribution in [0.25, 0.3) is 22.1 Å². The van der Waals surface area contributed by atoms with Crippen LogP contribution in [0.1, 0.15) is 51.4 Å². The number of benzene rings is 4. The van der Waals surface area contributed by atoms with Crippen LogP contribution in [0.4, 0.5) is 69.0 Å². The number of nitrogens with one attached hydrogen (secondary N) is 5. The average Bonchev–Trinajstić information content (AvgIpc) is 0.803. The molecule has 12 rings (SSSR count). The summed E-state index contributed by atoms with van der Waals surface area (Å²) in [5.74, 6) is 1.77. The van der Waals surface area contributed by atoms with Crippen LogP contribution in [-0.4, -0.2) is 162 Å². The molecule has 4 fully saturated rings. The molecule has 490 valence electrons. The first-order valence-corrected chi connectivity index (χ1v) is 35.9. The van der Waals surface area contributed by atoms with E-state index in [1.165, 1.54) is 51.6 Å². The number of nitro benzene ring substituents is 2. The highest BCUT2D eigenvalue weighted by Gasteiger charge is 2.48. The van der Waals surface area contributed by atoms with Crippen molar-refractivity contribution >= 4 is 145 Å². The van der Waals surface area contributed by atoms with Crippen LogP contribution in [0.2, 0.25) is 10.0 Å². The number of methoxy groups -OCH3 is 2. The molecule has 0 radical (unpaired) electrons. The number of Topliss-reactive ketones (excluding diaryl/α,β-unsaturated/α-hetero) is 1. The first-order chi connectivity index (χ1) is 44.2. The first kappa shape index (κ1) is 67.4. The Bertz CT molecular complexity index is 4260. The predicted octanol–water partition coefficient (Wildman–Crippen LogP) is 11.5. The Labute approximate surface area is 547 Å². The number of fused-ring (bicyclic) bond motifs is 2. The van der Waals surface area contributed by atoms with Gasteiger partial charge in [0.1, 0.15) is 64.0 Å². The van der Waals surface area contributed by atoms with Crippen LogP contribution in [0.5, 0.6) is 11.5 Å². The van der Waals surface area contributed by atoms with Crippen molar-refractivity contribution in [1.82, 2.24) is 50.1 Å². The monoisotopic (exact) mass is 1350 g/mol. The van der Waals surface area contributed by atoms with Crippen LogP contribution in [0.15, 0.2) is 85.7 Å². The SMILES string of the molecule is CNC.COc1cc(N2CCC3(CC2)CC(=O)C3)c([N+](=O)[O-])cc1Nc1ncc(Cl)c(Nc2ccc3nccnc3c2P(C)(C)=O)n1.COc1cc(N2CCC3(CC2)CC(N(C)C)C3)c([N+](=O)[O-])cc1Nc1ncc(Cl)c(Nc2ccc3nccnc3c2P(C)(C)=O)n1. The Hall–Kier alpha value is -8.45. The third-order valence-corrected chi connectivity index (χ3v) is 20.9. The van der Waals surface area contributed by atoms with Gasteiger partial charge in [0.05, 0.1) is 80.9 Å². The molecule has 0 atom stereocenters. The summed E-state index contributed by atoms with van der Waals surface area (Å²) in [7, 11) is 5.33. The summed E-state index contributed by atoms with van der Waals surface area (Å²) < 4.78 is 38.0. The van der Waals surface area contributed by atoms with Crippen LogP contribution in [0.3, 0.4) is 0 Å². The second-order valence-electron chi connectivity index (χ2n) is 24.7. The molecule has 6 heterocycles. The van der Waals surface area contributed by atoms with E-state index in [2.05, 4.69) is 90.4 Å². The van der Waals surface area contributed by atoms with E-state index in [0.29, 0.717) is 116 Å². The fourth-order valence-corrected chi connectivity index (χ4v) is 15.7. The summed E-state index contributed by atoms with van der Waals surface area (Å²) in [5, 5.41) is 41.1. The number of nitro groups is 2.